The zero-order chi connectivity index (χ0) is 12.6. The van der Waals surface area contributed by atoms with Crippen molar-refractivity contribution >= 4 is 33.0 Å². The van der Waals surface area contributed by atoms with E-state index in [4.69, 9.17) is 11.6 Å². The number of sulfonamides is 1. The van der Waals surface area contributed by atoms with Gasteiger partial charge in [-0.3, -0.25) is 0 Å². The fraction of sp³-hybridized carbons (Fsp3) is 0.700. The lowest BCUT2D eigenvalue weighted by Crippen LogP contribution is -2.35. The number of rotatable bonds is 5. The van der Waals surface area contributed by atoms with Gasteiger partial charge in [0.2, 0.25) is 0 Å². The topological polar surface area (TPSA) is 50.3 Å². The van der Waals surface area contributed by atoms with Crippen LogP contribution in [0.15, 0.2) is 10.4 Å². The molecule has 17 heavy (non-hydrogen) atoms. The maximum absolute atomic E-state index is 12.4. The largest absolute Gasteiger partial charge is 0.254 e. The highest BCUT2D eigenvalue weighted by Crippen LogP contribution is 2.34. The summed E-state index contributed by atoms with van der Waals surface area (Å²) in [5.74, 6) is 0.314. The fourth-order valence-electron chi connectivity index (χ4n) is 1.64. The number of halogens is 1. The average Bonchev–Trinajstić information content (AvgIpc) is 2.96. The lowest BCUT2D eigenvalue weighted by atomic mass is 10.2. The molecule has 0 spiro atoms. The molecular formula is C10H15ClN2O2S2. The van der Waals surface area contributed by atoms with Gasteiger partial charge in [-0.05, 0) is 18.8 Å². The molecule has 7 heteroatoms. The summed E-state index contributed by atoms with van der Waals surface area (Å²) in [5, 5.41) is 0. The van der Waals surface area contributed by atoms with Crippen LogP contribution >= 0.6 is 22.9 Å². The van der Waals surface area contributed by atoms with Crippen LogP contribution in [0.2, 0.25) is 4.47 Å². The van der Waals surface area contributed by atoms with E-state index in [1.54, 1.807) is 4.31 Å². The molecule has 1 aromatic heterocycles. The van der Waals surface area contributed by atoms with E-state index < -0.39 is 10.0 Å². The SMILES string of the molecule is CC(C)CN(C1CC1)S(=O)(=O)c1cnc(Cl)s1. The molecule has 0 N–H and O–H groups in total. The van der Waals surface area contributed by atoms with Gasteiger partial charge in [-0.1, -0.05) is 36.8 Å². The van der Waals surface area contributed by atoms with Gasteiger partial charge < -0.3 is 0 Å². The zero-order valence-corrected chi connectivity index (χ0v) is 12.1. The molecule has 4 nitrogen and oxygen atoms in total. The summed E-state index contributed by atoms with van der Waals surface area (Å²) in [4.78, 5) is 3.80. The molecule has 0 amide bonds. The van der Waals surface area contributed by atoms with E-state index in [9.17, 15) is 8.42 Å². The summed E-state index contributed by atoms with van der Waals surface area (Å²) in [6.07, 6.45) is 3.26. The van der Waals surface area contributed by atoms with E-state index >= 15 is 0 Å². The van der Waals surface area contributed by atoms with Crippen molar-refractivity contribution < 1.29 is 8.42 Å². The van der Waals surface area contributed by atoms with Crippen LogP contribution in [-0.4, -0.2) is 30.3 Å². The lowest BCUT2D eigenvalue weighted by Gasteiger charge is -2.22. The molecule has 0 aromatic carbocycles. The molecule has 96 valence electrons. The van der Waals surface area contributed by atoms with Crippen molar-refractivity contribution in [1.29, 1.82) is 0 Å². The van der Waals surface area contributed by atoms with Crippen LogP contribution in [0.3, 0.4) is 0 Å². The van der Waals surface area contributed by atoms with Crippen LogP contribution < -0.4 is 0 Å². The van der Waals surface area contributed by atoms with Crippen LogP contribution in [0.4, 0.5) is 0 Å². The number of nitrogens with zero attached hydrogens (tertiary/aromatic N) is 2. The van der Waals surface area contributed by atoms with Crippen molar-refractivity contribution in [3.63, 3.8) is 0 Å². The van der Waals surface area contributed by atoms with Crippen molar-refractivity contribution in [3.05, 3.63) is 10.7 Å². The van der Waals surface area contributed by atoms with E-state index in [2.05, 4.69) is 4.98 Å². The van der Waals surface area contributed by atoms with Crippen molar-refractivity contribution in [2.45, 2.75) is 36.9 Å². The number of aromatic nitrogens is 1. The summed E-state index contributed by atoms with van der Waals surface area (Å²) >= 11 is 6.72. The second-order valence-electron chi connectivity index (χ2n) is 4.63. The summed E-state index contributed by atoms with van der Waals surface area (Å²) in [6, 6.07) is 0.170. The van der Waals surface area contributed by atoms with Crippen LogP contribution in [0.1, 0.15) is 26.7 Å². The Hall–Kier alpha value is -0.170. The van der Waals surface area contributed by atoms with Gasteiger partial charge in [0.25, 0.3) is 10.0 Å². The smallest absolute Gasteiger partial charge is 0.232 e. The molecule has 0 unspecified atom stereocenters. The monoisotopic (exact) mass is 294 g/mol. The van der Waals surface area contributed by atoms with E-state index in [-0.39, 0.29) is 14.7 Å². The van der Waals surface area contributed by atoms with Crippen LogP contribution in [0.5, 0.6) is 0 Å². The van der Waals surface area contributed by atoms with Crippen molar-refractivity contribution in [2.75, 3.05) is 6.54 Å². The fourth-order valence-corrected chi connectivity index (χ4v) is 4.91. The maximum Gasteiger partial charge on any atom is 0.254 e. The molecule has 1 aliphatic rings. The van der Waals surface area contributed by atoms with Gasteiger partial charge in [0, 0.05) is 12.6 Å². The van der Waals surface area contributed by atoms with Crippen LogP contribution in [0, 0.1) is 5.92 Å². The first-order valence-electron chi connectivity index (χ1n) is 5.54. The van der Waals surface area contributed by atoms with Gasteiger partial charge in [0.15, 0.2) is 8.68 Å². The predicted octanol–water partition coefficient (Wildman–Crippen LogP) is 2.61. The number of hydrogen-bond donors (Lipinski definition) is 0. The third-order valence-electron chi connectivity index (χ3n) is 2.52. The Labute approximate surface area is 111 Å². The summed E-state index contributed by atoms with van der Waals surface area (Å²) in [6.45, 7) is 4.59. The summed E-state index contributed by atoms with van der Waals surface area (Å²) in [5.41, 5.74) is 0. The standard InChI is InChI=1S/C10H15ClN2O2S2/c1-7(2)6-13(8-3-4-8)17(14,15)9-5-12-10(11)16-9/h5,7-8H,3-4,6H2,1-2H3. The minimum atomic E-state index is -3.41. The Bertz CT molecular complexity index is 494. The molecule has 1 aliphatic carbocycles. The van der Waals surface area contributed by atoms with Gasteiger partial charge >= 0.3 is 0 Å². The predicted molar refractivity (Wildman–Crippen MR) is 68.9 cm³/mol. The van der Waals surface area contributed by atoms with Crippen LogP contribution in [0.25, 0.3) is 0 Å². The molecule has 1 aromatic rings. The third kappa shape index (κ3) is 2.99. The molecule has 0 bridgehead atoms. The number of thiazole rings is 1. The van der Waals surface area contributed by atoms with E-state index in [1.807, 2.05) is 13.8 Å². The molecule has 0 radical (unpaired) electrons. The first kappa shape index (κ1) is 13.3. The molecule has 0 aliphatic heterocycles. The highest BCUT2D eigenvalue weighted by atomic mass is 35.5. The highest BCUT2D eigenvalue weighted by Gasteiger charge is 2.39. The molecule has 1 heterocycles. The highest BCUT2D eigenvalue weighted by molar-refractivity contribution is 7.91. The van der Waals surface area contributed by atoms with Gasteiger partial charge in [-0.15, -0.1) is 0 Å². The summed E-state index contributed by atoms with van der Waals surface area (Å²) < 4.78 is 26.9. The maximum atomic E-state index is 12.4. The van der Waals surface area contributed by atoms with Gasteiger partial charge in [0.05, 0.1) is 6.20 Å². The Kier molecular flexibility index (Phi) is 3.77. The van der Waals surface area contributed by atoms with E-state index in [1.165, 1.54) is 6.20 Å². The normalized spacial score (nSPS) is 17.0. The van der Waals surface area contributed by atoms with Crippen LogP contribution in [-0.2, 0) is 10.0 Å². The first-order chi connectivity index (χ1) is 7.91. The molecular weight excluding hydrogens is 280 g/mol. The Morgan fingerprint density at radius 3 is 2.65 bits per heavy atom. The lowest BCUT2D eigenvalue weighted by molar-refractivity contribution is 0.361. The van der Waals surface area contributed by atoms with E-state index in [0.717, 1.165) is 24.2 Å². The zero-order valence-electron chi connectivity index (χ0n) is 9.76. The minimum Gasteiger partial charge on any atom is -0.232 e. The Morgan fingerprint density at radius 2 is 2.24 bits per heavy atom. The second-order valence-corrected chi connectivity index (χ2v) is 8.36. The van der Waals surface area contributed by atoms with Crippen molar-refractivity contribution in [1.82, 2.24) is 9.29 Å². The quantitative estimate of drug-likeness (QED) is 0.839. The van der Waals surface area contributed by atoms with Gasteiger partial charge in [-0.2, -0.15) is 4.31 Å². The Morgan fingerprint density at radius 1 is 1.59 bits per heavy atom. The molecule has 1 saturated carbocycles. The third-order valence-corrected chi connectivity index (χ3v) is 5.99. The summed E-state index contributed by atoms with van der Waals surface area (Å²) in [7, 11) is -3.41. The van der Waals surface area contributed by atoms with E-state index in [0.29, 0.717) is 12.5 Å². The molecule has 2 rings (SSSR count). The average molecular weight is 295 g/mol. The Balaban J connectivity index is 2.28. The van der Waals surface area contributed by atoms with Crippen molar-refractivity contribution in [2.24, 2.45) is 5.92 Å². The van der Waals surface area contributed by atoms with Gasteiger partial charge in [0.1, 0.15) is 0 Å². The first-order valence-corrected chi connectivity index (χ1v) is 8.18. The number of hydrogen-bond acceptors (Lipinski definition) is 4. The minimum absolute atomic E-state index is 0.170. The molecule has 1 fully saturated rings. The van der Waals surface area contributed by atoms with Crippen molar-refractivity contribution in [3.8, 4) is 0 Å². The molecule has 0 atom stereocenters. The molecule has 0 saturated heterocycles. The second kappa shape index (κ2) is 4.84. The van der Waals surface area contributed by atoms with Gasteiger partial charge in [-0.25, -0.2) is 13.4 Å².